The molecule has 10 heavy (non-hydrogen) atoms. The summed E-state index contributed by atoms with van der Waals surface area (Å²) in [5.41, 5.74) is -0.0503. The first-order valence-electron chi connectivity index (χ1n) is 3.54. The van der Waals surface area contributed by atoms with E-state index < -0.39 is 0 Å². The highest BCUT2D eigenvalue weighted by atomic mass is 32.1. The van der Waals surface area contributed by atoms with Crippen LogP contribution in [0.1, 0.15) is 34.1 Å². The Morgan fingerprint density at radius 1 is 1.20 bits per heavy atom. The van der Waals surface area contributed by atoms with Crippen molar-refractivity contribution in [2.24, 2.45) is 0 Å². The average molecular weight is 162 g/mol. The van der Waals surface area contributed by atoms with E-state index in [0.29, 0.717) is 0 Å². The minimum atomic E-state index is -0.0503. The molecule has 0 N–H and O–H groups in total. The first kappa shape index (κ1) is 10.3. The molecule has 0 aliphatic rings. The number of methoxy groups -OCH3 is 1. The lowest BCUT2D eigenvalue weighted by molar-refractivity contribution is 0.00968. The van der Waals surface area contributed by atoms with Crippen LogP contribution in [0.15, 0.2) is 0 Å². The van der Waals surface area contributed by atoms with Crippen LogP contribution >= 0.6 is 12.6 Å². The van der Waals surface area contributed by atoms with Crippen molar-refractivity contribution >= 4 is 12.6 Å². The highest BCUT2D eigenvalue weighted by molar-refractivity contribution is 7.81. The monoisotopic (exact) mass is 162 g/mol. The molecule has 0 aliphatic carbocycles. The topological polar surface area (TPSA) is 9.23 Å². The van der Waals surface area contributed by atoms with Crippen LogP contribution in [0, 0.1) is 0 Å². The fraction of sp³-hybridized carbons (Fsp3) is 1.00. The molecule has 0 unspecified atom stereocenters. The summed E-state index contributed by atoms with van der Waals surface area (Å²) in [5.74, 6) is 0. The normalized spacial score (nSPS) is 13.8. The van der Waals surface area contributed by atoms with Gasteiger partial charge in [0.2, 0.25) is 0 Å². The Morgan fingerprint density at radius 3 is 1.70 bits per heavy atom. The summed E-state index contributed by atoms with van der Waals surface area (Å²) >= 11 is 4.42. The summed E-state index contributed by atoms with van der Waals surface area (Å²) in [6.07, 6.45) is 0.958. The summed E-state index contributed by atoms with van der Waals surface area (Å²) in [6.45, 7) is 8.34. The van der Waals surface area contributed by atoms with Gasteiger partial charge < -0.3 is 4.74 Å². The Hall–Kier alpha value is 0.310. The highest BCUT2D eigenvalue weighted by Gasteiger charge is 2.25. The van der Waals surface area contributed by atoms with Gasteiger partial charge in [0.1, 0.15) is 0 Å². The van der Waals surface area contributed by atoms with Gasteiger partial charge >= 0.3 is 0 Å². The minimum Gasteiger partial charge on any atom is -0.379 e. The number of thiol groups is 1. The summed E-state index contributed by atoms with van der Waals surface area (Å²) in [4.78, 5) is 0. The van der Waals surface area contributed by atoms with Crippen LogP contribution in [0.25, 0.3) is 0 Å². The number of hydrogen-bond acceptors (Lipinski definition) is 2. The maximum Gasteiger partial charge on any atom is 0.0635 e. The van der Waals surface area contributed by atoms with Crippen LogP contribution in [0.2, 0.25) is 0 Å². The summed E-state index contributed by atoms with van der Waals surface area (Å²) in [5, 5.41) is 0. The highest BCUT2D eigenvalue weighted by Crippen LogP contribution is 2.26. The Balaban J connectivity index is 3.89. The van der Waals surface area contributed by atoms with Gasteiger partial charge in [0.05, 0.1) is 5.60 Å². The minimum absolute atomic E-state index is 0.0503. The van der Waals surface area contributed by atoms with Gasteiger partial charge in [-0.1, -0.05) is 13.8 Å². The van der Waals surface area contributed by atoms with Crippen molar-refractivity contribution in [2.45, 2.75) is 44.5 Å². The van der Waals surface area contributed by atoms with Crippen molar-refractivity contribution in [3.63, 3.8) is 0 Å². The molecule has 62 valence electrons. The number of ether oxygens (including phenoxy) is 1. The number of hydrogen-bond donors (Lipinski definition) is 1. The van der Waals surface area contributed by atoms with Gasteiger partial charge in [-0.05, 0) is 20.3 Å². The SMILES string of the molecule is COC(C)(C)CC(C)(C)S. The summed E-state index contributed by atoms with van der Waals surface area (Å²) in [6, 6.07) is 0. The zero-order chi connectivity index (χ0) is 8.41. The molecule has 0 amide bonds. The zero-order valence-electron chi connectivity index (χ0n) is 7.56. The van der Waals surface area contributed by atoms with Gasteiger partial charge in [-0.2, -0.15) is 12.6 Å². The van der Waals surface area contributed by atoms with Crippen LogP contribution in [0.5, 0.6) is 0 Å². The first-order valence-corrected chi connectivity index (χ1v) is 3.99. The molecule has 0 radical (unpaired) electrons. The third-order valence-corrected chi connectivity index (χ3v) is 1.57. The smallest absolute Gasteiger partial charge is 0.0635 e. The van der Waals surface area contributed by atoms with Crippen molar-refractivity contribution < 1.29 is 4.74 Å². The fourth-order valence-corrected chi connectivity index (χ4v) is 1.49. The molecular weight excluding hydrogens is 144 g/mol. The van der Waals surface area contributed by atoms with Crippen LogP contribution in [-0.2, 0) is 4.74 Å². The second-order valence-corrected chi connectivity index (χ2v) is 5.16. The summed E-state index contributed by atoms with van der Waals surface area (Å²) < 4.78 is 5.32. The molecule has 1 nitrogen and oxygen atoms in total. The van der Waals surface area contributed by atoms with Crippen molar-refractivity contribution in [3.05, 3.63) is 0 Å². The zero-order valence-corrected chi connectivity index (χ0v) is 8.46. The molecule has 0 aromatic heterocycles. The van der Waals surface area contributed by atoms with E-state index in [1.54, 1.807) is 7.11 Å². The molecule has 0 heterocycles. The van der Waals surface area contributed by atoms with Crippen molar-refractivity contribution in [2.75, 3.05) is 7.11 Å². The molecular formula is C8H18OS. The lowest BCUT2D eigenvalue weighted by atomic mass is 9.95. The maximum atomic E-state index is 5.26. The second kappa shape index (κ2) is 3.14. The lowest BCUT2D eigenvalue weighted by Crippen LogP contribution is -2.30. The first-order chi connectivity index (χ1) is 4.27. The molecule has 0 aromatic rings. The molecule has 2 heteroatoms. The Labute approximate surface area is 69.6 Å². The maximum absolute atomic E-state index is 5.26. The Morgan fingerprint density at radius 2 is 1.60 bits per heavy atom. The van der Waals surface area contributed by atoms with Gasteiger partial charge in [0.25, 0.3) is 0 Å². The average Bonchev–Trinajstić information content (AvgIpc) is 1.60. The van der Waals surface area contributed by atoms with Gasteiger partial charge in [0, 0.05) is 11.9 Å². The van der Waals surface area contributed by atoms with E-state index in [2.05, 4.69) is 40.3 Å². The largest absolute Gasteiger partial charge is 0.379 e. The van der Waals surface area contributed by atoms with Crippen molar-refractivity contribution in [1.82, 2.24) is 0 Å². The van der Waals surface area contributed by atoms with Crippen LogP contribution in [-0.4, -0.2) is 17.5 Å². The summed E-state index contributed by atoms with van der Waals surface area (Å²) in [7, 11) is 1.74. The van der Waals surface area contributed by atoms with E-state index in [9.17, 15) is 0 Å². The Kier molecular flexibility index (Phi) is 3.24. The van der Waals surface area contributed by atoms with Crippen LogP contribution in [0.3, 0.4) is 0 Å². The third kappa shape index (κ3) is 5.12. The van der Waals surface area contributed by atoms with Gasteiger partial charge in [0.15, 0.2) is 0 Å². The molecule has 0 atom stereocenters. The van der Waals surface area contributed by atoms with E-state index in [0.717, 1.165) is 6.42 Å². The van der Waals surface area contributed by atoms with Crippen molar-refractivity contribution in [1.29, 1.82) is 0 Å². The lowest BCUT2D eigenvalue weighted by Gasteiger charge is -2.30. The molecule has 0 fully saturated rings. The third-order valence-electron chi connectivity index (χ3n) is 1.41. The van der Waals surface area contributed by atoms with Gasteiger partial charge in [-0.15, -0.1) is 0 Å². The molecule has 0 saturated heterocycles. The van der Waals surface area contributed by atoms with E-state index in [1.807, 2.05) is 0 Å². The van der Waals surface area contributed by atoms with E-state index in [4.69, 9.17) is 4.74 Å². The molecule has 0 saturated carbocycles. The standard InChI is InChI=1S/C8H18OS/c1-7(2,9-5)6-8(3,4)10/h10H,6H2,1-5H3. The van der Waals surface area contributed by atoms with E-state index in [1.165, 1.54) is 0 Å². The molecule has 0 rings (SSSR count). The van der Waals surface area contributed by atoms with Gasteiger partial charge in [-0.25, -0.2) is 0 Å². The van der Waals surface area contributed by atoms with E-state index in [-0.39, 0.29) is 10.3 Å². The second-order valence-electron chi connectivity index (χ2n) is 3.95. The predicted molar refractivity (Wildman–Crippen MR) is 48.8 cm³/mol. The molecule has 0 bridgehead atoms. The molecule has 0 spiro atoms. The molecule has 0 aliphatic heterocycles. The van der Waals surface area contributed by atoms with E-state index >= 15 is 0 Å². The molecule has 0 aromatic carbocycles. The fourth-order valence-electron chi connectivity index (χ4n) is 1.11. The van der Waals surface area contributed by atoms with Gasteiger partial charge in [-0.3, -0.25) is 0 Å². The quantitative estimate of drug-likeness (QED) is 0.627. The number of rotatable bonds is 3. The van der Waals surface area contributed by atoms with Crippen molar-refractivity contribution in [3.8, 4) is 0 Å². The van der Waals surface area contributed by atoms with Crippen LogP contribution in [0.4, 0.5) is 0 Å². The predicted octanol–water partition coefficient (Wildman–Crippen LogP) is 2.51. The Bertz CT molecular complexity index is 102. The van der Waals surface area contributed by atoms with Crippen LogP contribution < -0.4 is 0 Å².